The van der Waals surface area contributed by atoms with Crippen molar-refractivity contribution in [1.82, 2.24) is 10.2 Å². The van der Waals surface area contributed by atoms with Crippen molar-refractivity contribution in [1.29, 1.82) is 0 Å². The molecule has 1 unspecified atom stereocenters. The summed E-state index contributed by atoms with van der Waals surface area (Å²) in [5, 5.41) is 2.96. The van der Waals surface area contributed by atoms with Crippen molar-refractivity contribution < 1.29 is 14.0 Å². The van der Waals surface area contributed by atoms with Crippen LogP contribution in [-0.2, 0) is 4.79 Å². The molecule has 6 heteroatoms. The zero-order valence-corrected chi connectivity index (χ0v) is 15.0. The summed E-state index contributed by atoms with van der Waals surface area (Å²) in [4.78, 5) is 27.5. The summed E-state index contributed by atoms with van der Waals surface area (Å²) >= 11 is 1.55. The van der Waals surface area contributed by atoms with Crippen LogP contribution in [0.2, 0.25) is 0 Å². The minimum atomic E-state index is -0.148. The molecule has 5 nitrogen and oxygen atoms in total. The van der Waals surface area contributed by atoms with Crippen LogP contribution in [0, 0.1) is 0 Å². The van der Waals surface area contributed by atoms with Crippen molar-refractivity contribution in [3.63, 3.8) is 0 Å². The van der Waals surface area contributed by atoms with Gasteiger partial charge in [-0.25, -0.2) is 0 Å². The molecule has 2 heterocycles. The van der Waals surface area contributed by atoms with Crippen LogP contribution in [0.1, 0.15) is 30.3 Å². The maximum absolute atomic E-state index is 12.4. The average molecular weight is 358 g/mol. The number of nitrogens with zero attached hydrogens (tertiary/aromatic N) is 1. The van der Waals surface area contributed by atoms with Crippen molar-refractivity contribution in [3.8, 4) is 0 Å². The molecule has 25 heavy (non-hydrogen) atoms. The van der Waals surface area contributed by atoms with Crippen LogP contribution >= 0.6 is 11.8 Å². The monoisotopic (exact) mass is 358 g/mol. The van der Waals surface area contributed by atoms with E-state index in [4.69, 9.17) is 4.42 Å². The number of carbonyl (C=O) groups excluding carboxylic acids is 2. The number of hydrogen-bond donors (Lipinski definition) is 1. The van der Waals surface area contributed by atoms with E-state index in [1.165, 1.54) is 6.26 Å². The molecule has 2 amide bonds. The first-order valence-electron chi connectivity index (χ1n) is 8.48. The van der Waals surface area contributed by atoms with Gasteiger partial charge in [0.15, 0.2) is 5.76 Å². The third-order valence-electron chi connectivity index (χ3n) is 4.29. The third-order valence-corrected chi connectivity index (χ3v) is 5.40. The number of rotatable bonds is 5. The van der Waals surface area contributed by atoms with Crippen molar-refractivity contribution in [2.75, 3.05) is 13.1 Å². The summed E-state index contributed by atoms with van der Waals surface area (Å²) in [6.45, 7) is 3.18. The average Bonchev–Trinajstić information content (AvgIpc) is 3.17. The second-order valence-electron chi connectivity index (χ2n) is 6.13. The number of carbonyl (C=O) groups is 2. The SMILES string of the molecule is CC(Sc1ccccc1)C(=O)NC1CCN(C(=O)c2ccco2)CC1. The van der Waals surface area contributed by atoms with E-state index in [-0.39, 0.29) is 23.1 Å². The predicted octanol–water partition coefficient (Wildman–Crippen LogP) is 3.18. The van der Waals surface area contributed by atoms with Gasteiger partial charge in [-0.1, -0.05) is 18.2 Å². The third kappa shape index (κ3) is 4.66. The lowest BCUT2D eigenvalue weighted by molar-refractivity contribution is -0.121. The van der Waals surface area contributed by atoms with Crippen LogP contribution in [-0.4, -0.2) is 41.1 Å². The van der Waals surface area contributed by atoms with Gasteiger partial charge in [-0.3, -0.25) is 9.59 Å². The molecule has 1 aliphatic rings. The fraction of sp³-hybridized carbons (Fsp3) is 0.368. The van der Waals surface area contributed by atoms with Crippen LogP contribution in [0.5, 0.6) is 0 Å². The van der Waals surface area contributed by atoms with Gasteiger partial charge >= 0.3 is 0 Å². The zero-order chi connectivity index (χ0) is 17.6. The van der Waals surface area contributed by atoms with Crippen molar-refractivity contribution in [2.24, 2.45) is 0 Å². The largest absolute Gasteiger partial charge is 0.459 e. The number of likely N-dealkylation sites (tertiary alicyclic amines) is 1. The lowest BCUT2D eigenvalue weighted by Crippen LogP contribution is -2.48. The lowest BCUT2D eigenvalue weighted by atomic mass is 10.0. The van der Waals surface area contributed by atoms with Gasteiger partial charge in [0.25, 0.3) is 5.91 Å². The second-order valence-corrected chi connectivity index (χ2v) is 7.54. The molecule has 0 radical (unpaired) electrons. The maximum Gasteiger partial charge on any atom is 0.289 e. The van der Waals surface area contributed by atoms with Gasteiger partial charge in [-0.2, -0.15) is 0 Å². The maximum atomic E-state index is 12.4. The molecule has 0 aliphatic carbocycles. The molecule has 1 saturated heterocycles. The standard InChI is InChI=1S/C19H22N2O3S/c1-14(25-16-6-3-2-4-7-16)18(22)20-15-9-11-21(12-10-15)19(23)17-8-5-13-24-17/h2-8,13-15H,9-12H2,1H3,(H,20,22). The van der Waals surface area contributed by atoms with Gasteiger partial charge in [0.05, 0.1) is 11.5 Å². The molecule has 0 spiro atoms. The molecular weight excluding hydrogens is 336 g/mol. The minimum absolute atomic E-state index is 0.0460. The molecule has 1 N–H and O–H groups in total. The smallest absolute Gasteiger partial charge is 0.289 e. The molecule has 1 atom stereocenters. The van der Waals surface area contributed by atoms with Gasteiger partial charge in [0.1, 0.15) is 0 Å². The Morgan fingerprint density at radius 1 is 1.16 bits per heavy atom. The summed E-state index contributed by atoms with van der Waals surface area (Å²) in [5.41, 5.74) is 0. The van der Waals surface area contributed by atoms with Crippen LogP contribution in [0.3, 0.4) is 0 Å². The molecule has 0 saturated carbocycles. The predicted molar refractivity (Wildman–Crippen MR) is 97.5 cm³/mol. The highest BCUT2D eigenvalue weighted by atomic mass is 32.2. The van der Waals surface area contributed by atoms with Crippen molar-refractivity contribution in [3.05, 3.63) is 54.5 Å². The Labute approximate surface area is 151 Å². The Hall–Kier alpha value is -2.21. The van der Waals surface area contributed by atoms with Gasteiger partial charge < -0.3 is 14.6 Å². The van der Waals surface area contributed by atoms with Gasteiger partial charge in [0.2, 0.25) is 5.91 Å². The molecule has 0 bridgehead atoms. The van der Waals surface area contributed by atoms with E-state index >= 15 is 0 Å². The lowest BCUT2D eigenvalue weighted by Gasteiger charge is -2.32. The fourth-order valence-corrected chi connectivity index (χ4v) is 3.76. The quantitative estimate of drug-likeness (QED) is 0.834. The van der Waals surface area contributed by atoms with Crippen LogP contribution in [0.15, 0.2) is 58.0 Å². The zero-order valence-electron chi connectivity index (χ0n) is 14.2. The summed E-state index contributed by atoms with van der Waals surface area (Å²) in [5.74, 6) is 0.336. The van der Waals surface area contributed by atoms with E-state index < -0.39 is 0 Å². The van der Waals surface area contributed by atoms with E-state index in [0.29, 0.717) is 18.8 Å². The van der Waals surface area contributed by atoms with Gasteiger partial charge in [0, 0.05) is 24.0 Å². The number of nitrogens with one attached hydrogen (secondary N) is 1. The first-order chi connectivity index (χ1) is 12.1. The molecule has 1 aromatic carbocycles. The summed E-state index contributed by atoms with van der Waals surface area (Å²) in [6, 6.07) is 13.4. The Morgan fingerprint density at radius 3 is 2.52 bits per heavy atom. The number of hydrogen-bond acceptors (Lipinski definition) is 4. The van der Waals surface area contributed by atoms with Gasteiger partial charge in [-0.15, -0.1) is 11.8 Å². The van der Waals surface area contributed by atoms with E-state index in [1.807, 2.05) is 37.3 Å². The molecular formula is C19H22N2O3S. The summed E-state index contributed by atoms with van der Waals surface area (Å²) in [7, 11) is 0. The molecule has 1 aliphatic heterocycles. The first kappa shape index (κ1) is 17.6. The van der Waals surface area contributed by atoms with E-state index in [1.54, 1.807) is 28.8 Å². The number of thioether (sulfide) groups is 1. The second kappa shape index (κ2) is 8.25. The molecule has 132 valence electrons. The van der Waals surface area contributed by atoms with Crippen molar-refractivity contribution >= 4 is 23.6 Å². The minimum Gasteiger partial charge on any atom is -0.459 e. The van der Waals surface area contributed by atoms with Gasteiger partial charge in [-0.05, 0) is 44.0 Å². The summed E-state index contributed by atoms with van der Waals surface area (Å²) in [6.07, 6.45) is 3.04. The van der Waals surface area contributed by atoms with E-state index in [9.17, 15) is 9.59 Å². The van der Waals surface area contributed by atoms with Crippen LogP contribution in [0.4, 0.5) is 0 Å². The van der Waals surface area contributed by atoms with Crippen molar-refractivity contribution in [2.45, 2.75) is 36.0 Å². The number of amides is 2. The molecule has 1 fully saturated rings. The Balaban J connectivity index is 1.45. The number of benzene rings is 1. The van der Waals surface area contributed by atoms with E-state index in [0.717, 1.165) is 17.7 Å². The highest BCUT2D eigenvalue weighted by molar-refractivity contribution is 8.00. The van der Waals surface area contributed by atoms with E-state index in [2.05, 4.69) is 5.32 Å². The molecule has 1 aromatic heterocycles. The first-order valence-corrected chi connectivity index (χ1v) is 9.36. The highest BCUT2D eigenvalue weighted by Crippen LogP contribution is 2.23. The Kier molecular flexibility index (Phi) is 5.81. The topological polar surface area (TPSA) is 62.6 Å². The normalized spacial score (nSPS) is 16.4. The van der Waals surface area contributed by atoms with Crippen LogP contribution in [0.25, 0.3) is 0 Å². The fourth-order valence-electron chi connectivity index (χ4n) is 2.86. The Morgan fingerprint density at radius 2 is 1.88 bits per heavy atom. The summed E-state index contributed by atoms with van der Waals surface area (Å²) < 4.78 is 5.16. The van der Waals surface area contributed by atoms with Crippen LogP contribution < -0.4 is 5.32 Å². The molecule has 3 rings (SSSR count). The Bertz CT molecular complexity index is 695. The number of piperidine rings is 1. The molecule has 2 aromatic rings. The number of furan rings is 1. The highest BCUT2D eigenvalue weighted by Gasteiger charge is 2.27.